The van der Waals surface area contributed by atoms with Gasteiger partial charge in [-0.25, -0.2) is 19.6 Å². The van der Waals surface area contributed by atoms with Gasteiger partial charge >= 0.3 is 6.55 Å². The Morgan fingerprint density at radius 3 is 2.52 bits per heavy atom. The Labute approximate surface area is 179 Å². The molecular formula is C22H25F2N7. The number of hydrogen-bond donors (Lipinski definition) is 1. The summed E-state index contributed by atoms with van der Waals surface area (Å²) in [4.78, 5) is 15.9. The van der Waals surface area contributed by atoms with E-state index in [1.807, 2.05) is 26.1 Å². The number of alkyl halides is 2. The first kappa shape index (κ1) is 19.8. The van der Waals surface area contributed by atoms with Gasteiger partial charge in [0.05, 0.1) is 29.0 Å². The second kappa shape index (κ2) is 7.86. The fourth-order valence-electron chi connectivity index (χ4n) is 4.49. The molecule has 3 aromatic heterocycles. The van der Waals surface area contributed by atoms with Crippen LogP contribution in [0.4, 0.5) is 26.2 Å². The highest BCUT2D eigenvalue weighted by atomic mass is 19.3. The van der Waals surface area contributed by atoms with Crippen LogP contribution in [0.15, 0.2) is 24.5 Å². The minimum Gasteiger partial charge on any atom is -0.370 e. The van der Waals surface area contributed by atoms with Crippen LogP contribution < -0.4 is 10.2 Å². The highest BCUT2D eigenvalue weighted by Gasteiger charge is 2.32. The highest BCUT2D eigenvalue weighted by Crippen LogP contribution is 2.41. The van der Waals surface area contributed by atoms with Gasteiger partial charge in [-0.05, 0) is 37.3 Å². The zero-order chi connectivity index (χ0) is 21.5. The zero-order valence-corrected chi connectivity index (χ0v) is 17.6. The molecule has 5 rings (SSSR count). The number of pyridine rings is 1. The number of rotatable bonds is 5. The topological polar surface area (TPSA) is 71.8 Å². The predicted octanol–water partition coefficient (Wildman–Crippen LogP) is 4.89. The minimum atomic E-state index is -2.67. The third kappa shape index (κ3) is 3.62. The lowest BCUT2D eigenvalue weighted by molar-refractivity contribution is 0.0523. The Hall–Kier alpha value is -3.10. The van der Waals surface area contributed by atoms with Crippen LogP contribution in [0.3, 0.4) is 0 Å². The lowest BCUT2D eigenvalue weighted by atomic mass is 10.0. The Kier molecular flexibility index (Phi) is 5.03. The van der Waals surface area contributed by atoms with E-state index in [2.05, 4.69) is 36.3 Å². The van der Waals surface area contributed by atoms with Crippen LogP contribution in [0.1, 0.15) is 62.5 Å². The molecule has 31 heavy (non-hydrogen) atoms. The standard InChI is InChI=1S/C22H25F2N7/c1-13(2)20-18-16(29-31(20)21(23)24)10-14-11-26-22(28-19(14)18)27-17-7-6-15(12-25-17)30-8-4-3-5-9-30/h6-7,11-13,21H,3-5,8-10H2,1-2H3,(H,25,26,27,28). The van der Waals surface area contributed by atoms with Gasteiger partial charge in [-0.3, -0.25) is 0 Å². The molecule has 1 aliphatic heterocycles. The Morgan fingerprint density at radius 2 is 1.84 bits per heavy atom. The predicted molar refractivity (Wildman–Crippen MR) is 115 cm³/mol. The van der Waals surface area contributed by atoms with Gasteiger partial charge in [0.2, 0.25) is 5.95 Å². The fraction of sp³-hybridized carbons (Fsp3) is 0.455. The summed E-state index contributed by atoms with van der Waals surface area (Å²) in [5.74, 6) is 0.933. The molecule has 1 aliphatic carbocycles. The molecule has 0 unspecified atom stereocenters. The van der Waals surface area contributed by atoms with Gasteiger partial charge < -0.3 is 10.2 Å². The number of aromatic nitrogens is 5. The molecule has 0 spiro atoms. The highest BCUT2D eigenvalue weighted by molar-refractivity contribution is 5.75. The summed E-state index contributed by atoms with van der Waals surface area (Å²) >= 11 is 0. The van der Waals surface area contributed by atoms with E-state index in [1.165, 1.54) is 19.3 Å². The molecule has 0 aromatic carbocycles. The van der Waals surface area contributed by atoms with Gasteiger partial charge in [-0.1, -0.05) is 13.8 Å². The Morgan fingerprint density at radius 1 is 1.03 bits per heavy atom. The van der Waals surface area contributed by atoms with Gasteiger partial charge in [0.1, 0.15) is 5.82 Å². The average molecular weight is 425 g/mol. The van der Waals surface area contributed by atoms with E-state index in [9.17, 15) is 8.78 Å². The quantitative estimate of drug-likeness (QED) is 0.491. The number of fused-ring (bicyclic) bond motifs is 3. The SMILES string of the molecule is CC(C)c1c2c(nn1C(F)F)Cc1cnc(Nc3ccc(N4CCCCC4)cn3)nc1-2. The van der Waals surface area contributed by atoms with Crippen LogP contribution in [0.5, 0.6) is 0 Å². The first-order chi connectivity index (χ1) is 15.0. The van der Waals surface area contributed by atoms with Gasteiger partial charge in [0, 0.05) is 36.8 Å². The maximum Gasteiger partial charge on any atom is 0.333 e. The molecule has 0 bridgehead atoms. The third-order valence-corrected chi connectivity index (χ3v) is 5.92. The van der Waals surface area contributed by atoms with Crippen LogP contribution >= 0.6 is 0 Å². The number of anilines is 3. The lowest BCUT2D eigenvalue weighted by Gasteiger charge is -2.28. The third-order valence-electron chi connectivity index (χ3n) is 5.92. The van der Waals surface area contributed by atoms with Crippen LogP contribution in [0.2, 0.25) is 0 Å². The largest absolute Gasteiger partial charge is 0.370 e. The second-order valence-corrected chi connectivity index (χ2v) is 8.40. The van der Waals surface area contributed by atoms with Crippen molar-refractivity contribution in [2.75, 3.05) is 23.3 Å². The Balaban J connectivity index is 1.41. The number of hydrogen-bond acceptors (Lipinski definition) is 6. The molecule has 1 fully saturated rings. The average Bonchev–Trinajstić information content (AvgIpc) is 3.31. The van der Waals surface area contributed by atoms with Crippen molar-refractivity contribution in [3.05, 3.63) is 41.5 Å². The molecule has 3 aromatic rings. The second-order valence-electron chi connectivity index (χ2n) is 8.40. The number of piperidine rings is 1. The number of nitrogens with one attached hydrogen (secondary N) is 1. The minimum absolute atomic E-state index is 0.105. The maximum absolute atomic E-state index is 13.5. The monoisotopic (exact) mass is 425 g/mol. The molecule has 9 heteroatoms. The van der Waals surface area contributed by atoms with Crippen molar-refractivity contribution < 1.29 is 8.78 Å². The number of nitrogens with zero attached hydrogens (tertiary/aromatic N) is 6. The van der Waals surface area contributed by atoms with E-state index in [1.54, 1.807) is 6.20 Å². The summed E-state index contributed by atoms with van der Waals surface area (Å²) in [6.45, 7) is 3.24. The molecule has 0 saturated carbocycles. The van der Waals surface area contributed by atoms with E-state index < -0.39 is 6.55 Å². The molecule has 162 valence electrons. The first-order valence-electron chi connectivity index (χ1n) is 10.7. The maximum atomic E-state index is 13.5. The zero-order valence-electron chi connectivity index (χ0n) is 17.6. The van der Waals surface area contributed by atoms with Crippen LogP contribution in [0, 0.1) is 0 Å². The van der Waals surface area contributed by atoms with Crippen LogP contribution in [-0.4, -0.2) is 37.8 Å². The van der Waals surface area contributed by atoms with Gasteiger partial charge in [-0.15, -0.1) is 0 Å². The van der Waals surface area contributed by atoms with E-state index >= 15 is 0 Å². The van der Waals surface area contributed by atoms with Crippen molar-refractivity contribution in [1.82, 2.24) is 24.7 Å². The molecule has 7 nitrogen and oxygen atoms in total. The fourth-order valence-corrected chi connectivity index (χ4v) is 4.49. The smallest absolute Gasteiger partial charge is 0.333 e. The van der Waals surface area contributed by atoms with E-state index in [0.29, 0.717) is 40.8 Å². The Bertz CT molecular complexity index is 1090. The lowest BCUT2D eigenvalue weighted by Crippen LogP contribution is -2.29. The van der Waals surface area contributed by atoms with Gasteiger partial charge in [0.15, 0.2) is 0 Å². The van der Waals surface area contributed by atoms with E-state index in [0.717, 1.165) is 29.0 Å². The molecular weight excluding hydrogens is 400 g/mol. The van der Waals surface area contributed by atoms with E-state index in [4.69, 9.17) is 0 Å². The summed E-state index contributed by atoms with van der Waals surface area (Å²) in [5, 5.41) is 7.30. The molecule has 0 atom stereocenters. The molecule has 1 N–H and O–H groups in total. The molecule has 0 radical (unpaired) electrons. The normalized spacial score (nSPS) is 15.5. The van der Waals surface area contributed by atoms with Crippen molar-refractivity contribution in [1.29, 1.82) is 0 Å². The summed E-state index contributed by atoms with van der Waals surface area (Å²) < 4.78 is 27.8. The summed E-state index contributed by atoms with van der Waals surface area (Å²) in [5.41, 5.74) is 4.55. The molecule has 4 heterocycles. The van der Waals surface area contributed by atoms with Crippen molar-refractivity contribution in [3.8, 4) is 11.3 Å². The summed E-state index contributed by atoms with van der Waals surface area (Å²) in [6, 6.07) is 3.97. The van der Waals surface area contributed by atoms with Gasteiger partial charge in [0.25, 0.3) is 0 Å². The summed E-state index contributed by atoms with van der Waals surface area (Å²) in [6.07, 6.45) is 7.79. The van der Waals surface area contributed by atoms with Crippen LogP contribution in [-0.2, 0) is 6.42 Å². The summed E-state index contributed by atoms with van der Waals surface area (Å²) in [7, 11) is 0. The number of halogens is 2. The molecule has 1 saturated heterocycles. The van der Waals surface area contributed by atoms with Crippen molar-refractivity contribution >= 4 is 17.5 Å². The van der Waals surface area contributed by atoms with Crippen molar-refractivity contribution in [2.45, 2.75) is 52.0 Å². The van der Waals surface area contributed by atoms with Crippen molar-refractivity contribution in [3.63, 3.8) is 0 Å². The first-order valence-corrected chi connectivity index (χ1v) is 10.7. The van der Waals surface area contributed by atoms with E-state index in [-0.39, 0.29) is 5.92 Å². The van der Waals surface area contributed by atoms with Crippen LogP contribution in [0.25, 0.3) is 11.3 Å². The molecule has 0 amide bonds. The van der Waals surface area contributed by atoms with Gasteiger partial charge in [-0.2, -0.15) is 13.9 Å². The van der Waals surface area contributed by atoms with Crippen molar-refractivity contribution in [2.24, 2.45) is 0 Å². The molecule has 2 aliphatic rings.